The Kier molecular flexibility index (Phi) is 7.05. The van der Waals surface area contributed by atoms with Crippen LogP contribution in [0.5, 0.6) is 17.2 Å². The van der Waals surface area contributed by atoms with E-state index in [1.165, 1.54) is 13.1 Å². The largest absolute Gasteiger partial charge is 0.508 e. The van der Waals surface area contributed by atoms with Crippen LogP contribution < -0.4 is 4.74 Å². The minimum Gasteiger partial charge on any atom is -0.508 e. The van der Waals surface area contributed by atoms with Crippen molar-refractivity contribution in [2.24, 2.45) is 5.16 Å². The van der Waals surface area contributed by atoms with E-state index < -0.39 is 12.1 Å². The Balaban J connectivity index is 2.19. The van der Waals surface area contributed by atoms with E-state index in [0.29, 0.717) is 32.4 Å². The molecule has 0 aromatic heterocycles. The number of aliphatic carboxylic acids is 1. The molecule has 8 heteroatoms. The number of aromatic hydroxyl groups is 1. The van der Waals surface area contributed by atoms with Crippen molar-refractivity contribution in [2.45, 2.75) is 26.4 Å². The van der Waals surface area contributed by atoms with Gasteiger partial charge in [0.2, 0.25) is 6.10 Å². The summed E-state index contributed by atoms with van der Waals surface area (Å²) in [5.41, 5.74) is 1.48. The van der Waals surface area contributed by atoms with Crippen molar-refractivity contribution in [1.29, 1.82) is 0 Å². The highest BCUT2D eigenvalue weighted by Gasteiger charge is 2.12. The second-order valence-electron chi connectivity index (χ2n) is 5.38. The number of nitrogens with zero attached hydrogens (tertiary/aromatic N) is 1. The lowest BCUT2D eigenvalue weighted by Crippen LogP contribution is -2.17. The fourth-order valence-electron chi connectivity index (χ4n) is 2.01. The topological polar surface area (TPSA) is 88.4 Å². The van der Waals surface area contributed by atoms with Crippen LogP contribution in [0.25, 0.3) is 0 Å². The van der Waals surface area contributed by atoms with Crippen molar-refractivity contribution in [2.75, 3.05) is 0 Å². The minimum atomic E-state index is -1.09. The van der Waals surface area contributed by atoms with E-state index >= 15 is 0 Å². The van der Waals surface area contributed by atoms with Gasteiger partial charge in [-0.1, -0.05) is 12.1 Å². The summed E-state index contributed by atoms with van der Waals surface area (Å²) in [5.74, 6) is 0.310. The summed E-state index contributed by atoms with van der Waals surface area (Å²) in [6, 6.07) is 8.59. The predicted octanol–water partition coefficient (Wildman–Crippen LogP) is 5.10. The fourth-order valence-corrected chi connectivity index (χ4v) is 3.39. The van der Waals surface area contributed by atoms with Gasteiger partial charge in [0.05, 0.1) is 15.2 Å². The van der Waals surface area contributed by atoms with Crippen molar-refractivity contribution in [3.8, 4) is 17.2 Å². The van der Waals surface area contributed by atoms with Gasteiger partial charge in [-0.25, -0.2) is 4.79 Å². The van der Waals surface area contributed by atoms with Gasteiger partial charge in [0.25, 0.3) is 0 Å². The van der Waals surface area contributed by atoms with Crippen LogP contribution in [0.1, 0.15) is 25.0 Å². The molecule has 1 atom stereocenters. The molecule has 2 aromatic carbocycles. The van der Waals surface area contributed by atoms with Gasteiger partial charge in [-0.2, -0.15) is 0 Å². The average Bonchev–Trinajstić information content (AvgIpc) is 2.59. The van der Waals surface area contributed by atoms with Crippen molar-refractivity contribution < 1.29 is 24.6 Å². The van der Waals surface area contributed by atoms with E-state index in [9.17, 15) is 9.90 Å². The number of oxime groups is 1. The van der Waals surface area contributed by atoms with Crippen LogP contribution in [0.4, 0.5) is 0 Å². The molecule has 0 heterocycles. The summed E-state index contributed by atoms with van der Waals surface area (Å²) < 4.78 is 7.25. The molecule has 1 unspecified atom stereocenters. The molecule has 2 N–H and O–H groups in total. The lowest BCUT2D eigenvalue weighted by atomic mass is 10.1. The Bertz CT molecular complexity index is 815. The van der Waals surface area contributed by atoms with Crippen LogP contribution in [0, 0.1) is 0 Å². The molecule has 0 saturated carbocycles. The Morgan fingerprint density at radius 1 is 1.27 bits per heavy atom. The van der Waals surface area contributed by atoms with Gasteiger partial charge in [0, 0.05) is 0 Å². The molecule has 0 saturated heterocycles. The van der Waals surface area contributed by atoms with Crippen LogP contribution in [0.3, 0.4) is 0 Å². The molecule has 138 valence electrons. The van der Waals surface area contributed by atoms with Gasteiger partial charge >= 0.3 is 5.97 Å². The lowest BCUT2D eigenvalue weighted by Gasteiger charge is -2.12. The highest BCUT2D eigenvalue weighted by Crippen LogP contribution is 2.38. The van der Waals surface area contributed by atoms with Crippen LogP contribution in [-0.4, -0.2) is 28.5 Å². The standard InChI is InChI=1S/C18H17Br2NO5/c1-3-12-8-13(4-5-16(12)22)25-17-14(19)6-11(7-15(17)20)9-21-26-10(2)18(23)24/h4-10,22H,3H2,1-2H3,(H,23,24). The summed E-state index contributed by atoms with van der Waals surface area (Å²) in [6.07, 6.45) is 1.08. The SMILES string of the molecule is CCc1cc(Oc2c(Br)cc(C=NOC(C)C(=O)O)cc2Br)ccc1O. The molecular formula is C18H17Br2NO5. The number of halogens is 2. The molecule has 0 aliphatic rings. The Hall–Kier alpha value is -2.06. The van der Waals surface area contributed by atoms with Gasteiger partial charge in [-0.15, -0.1) is 0 Å². The highest BCUT2D eigenvalue weighted by atomic mass is 79.9. The second kappa shape index (κ2) is 9.05. The summed E-state index contributed by atoms with van der Waals surface area (Å²) in [4.78, 5) is 15.5. The van der Waals surface area contributed by atoms with Crippen LogP contribution in [0.2, 0.25) is 0 Å². The third kappa shape index (κ3) is 5.22. The molecule has 0 fully saturated rings. The van der Waals surface area contributed by atoms with Gasteiger partial charge < -0.3 is 19.8 Å². The van der Waals surface area contributed by atoms with E-state index in [-0.39, 0.29) is 5.75 Å². The third-order valence-corrected chi connectivity index (χ3v) is 4.62. The zero-order chi connectivity index (χ0) is 19.3. The van der Waals surface area contributed by atoms with Crippen molar-refractivity contribution in [1.82, 2.24) is 0 Å². The van der Waals surface area contributed by atoms with Gasteiger partial charge in [-0.3, -0.25) is 0 Å². The number of hydrogen-bond donors (Lipinski definition) is 2. The zero-order valence-corrected chi connectivity index (χ0v) is 17.2. The first-order chi connectivity index (χ1) is 12.3. The van der Waals surface area contributed by atoms with Crippen LogP contribution in [0.15, 0.2) is 44.4 Å². The van der Waals surface area contributed by atoms with E-state index in [4.69, 9.17) is 14.7 Å². The molecule has 2 aromatic rings. The van der Waals surface area contributed by atoms with Crippen LogP contribution in [-0.2, 0) is 16.1 Å². The summed E-state index contributed by atoms with van der Waals surface area (Å²) in [7, 11) is 0. The van der Waals surface area contributed by atoms with E-state index in [0.717, 1.165) is 5.56 Å². The molecule has 0 aliphatic carbocycles. The van der Waals surface area contributed by atoms with E-state index in [2.05, 4.69) is 37.0 Å². The van der Waals surface area contributed by atoms with Gasteiger partial charge in [0.15, 0.2) is 5.75 Å². The fraction of sp³-hybridized carbons (Fsp3) is 0.222. The van der Waals surface area contributed by atoms with E-state index in [1.807, 2.05) is 6.92 Å². The van der Waals surface area contributed by atoms with Gasteiger partial charge in [-0.05, 0) is 86.7 Å². The normalized spacial score (nSPS) is 12.2. The number of rotatable bonds is 7. The molecule has 0 radical (unpaired) electrons. The molecule has 0 bridgehead atoms. The molecular weight excluding hydrogens is 470 g/mol. The maximum atomic E-state index is 10.7. The Labute approximate surface area is 167 Å². The number of phenols is 1. The first-order valence-electron chi connectivity index (χ1n) is 7.72. The minimum absolute atomic E-state index is 0.236. The summed E-state index contributed by atoms with van der Waals surface area (Å²) in [5, 5.41) is 22.2. The van der Waals surface area contributed by atoms with Crippen molar-refractivity contribution in [3.63, 3.8) is 0 Å². The number of aryl methyl sites for hydroxylation is 1. The first-order valence-corrected chi connectivity index (χ1v) is 9.31. The molecule has 0 spiro atoms. The molecule has 0 aliphatic heterocycles. The maximum Gasteiger partial charge on any atom is 0.347 e. The van der Waals surface area contributed by atoms with Crippen LogP contribution >= 0.6 is 31.9 Å². The van der Waals surface area contributed by atoms with Gasteiger partial charge in [0.1, 0.15) is 11.5 Å². The number of ether oxygens (including phenoxy) is 1. The monoisotopic (exact) mass is 485 g/mol. The van der Waals surface area contributed by atoms with Crippen molar-refractivity contribution >= 4 is 44.0 Å². The van der Waals surface area contributed by atoms with Crippen molar-refractivity contribution in [3.05, 3.63) is 50.4 Å². The third-order valence-electron chi connectivity index (χ3n) is 3.44. The predicted molar refractivity (Wildman–Crippen MR) is 105 cm³/mol. The number of carboxylic acid groups (broad SMARTS) is 1. The molecule has 0 amide bonds. The number of benzene rings is 2. The lowest BCUT2D eigenvalue weighted by molar-refractivity contribution is -0.149. The Morgan fingerprint density at radius 2 is 1.92 bits per heavy atom. The maximum absolute atomic E-state index is 10.7. The number of hydrogen-bond acceptors (Lipinski definition) is 5. The van der Waals surface area contributed by atoms with E-state index in [1.54, 1.807) is 30.3 Å². The summed E-state index contributed by atoms with van der Waals surface area (Å²) >= 11 is 6.90. The smallest absolute Gasteiger partial charge is 0.347 e. The second-order valence-corrected chi connectivity index (χ2v) is 7.09. The quantitative estimate of drug-likeness (QED) is 0.420. The number of phenolic OH excluding ortho intramolecular Hbond substituents is 1. The molecule has 2 rings (SSSR count). The Morgan fingerprint density at radius 3 is 2.50 bits per heavy atom. The number of carbonyl (C=O) groups is 1. The highest BCUT2D eigenvalue weighted by molar-refractivity contribution is 9.11. The molecule has 6 nitrogen and oxygen atoms in total. The zero-order valence-electron chi connectivity index (χ0n) is 14.1. The molecule has 26 heavy (non-hydrogen) atoms. The first kappa shape index (κ1) is 20.3. The summed E-state index contributed by atoms with van der Waals surface area (Å²) in [6.45, 7) is 3.34. The average molecular weight is 487 g/mol. The number of carboxylic acids is 1.